The van der Waals surface area contributed by atoms with Crippen LogP contribution < -0.4 is 5.32 Å². The van der Waals surface area contributed by atoms with Crippen molar-refractivity contribution in [2.45, 2.75) is 45.1 Å². The highest BCUT2D eigenvalue weighted by Gasteiger charge is 2.23. The molecule has 1 heterocycles. The van der Waals surface area contributed by atoms with Gasteiger partial charge in [0.25, 0.3) is 0 Å². The number of nitrogens with zero attached hydrogens (tertiary/aromatic N) is 1. The largest absolute Gasteiger partial charge is 0.313 e. The Morgan fingerprint density at radius 2 is 1.95 bits per heavy atom. The highest BCUT2D eigenvalue weighted by atomic mass is 15.1. The van der Waals surface area contributed by atoms with E-state index in [-0.39, 0.29) is 0 Å². The Hall–Kier alpha value is -0.860. The minimum Gasteiger partial charge on any atom is -0.313 e. The van der Waals surface area contributed by atoms with E-state index in [1.54, 1.807) is 11.1 Å². The first kappa shape index (κ1) is 14.1. The fraction of sp³-hybridized carbons (Fsp3) is 0.667. The van der Waals surface area contributed by atoms with Gasteiger partial charge in [-0.25, -0.2) is 0 Å². The van der Waals surface area contributed by atoms with Gasteiger partial charge in [0.1, 0.15) is 0 Å². The molecule has 0 aromatic heterocycles. The number of piperidine rings is 1. The summed E-state index contributed by atoms with van der Waals surface area (Å²) >= 11 is 0. The van der Waals surface area contributed by atoms with Crippen LogP contribution in [0.25, 0.3) is 0 Å². The Morgan fingerprint density at radius 3 is 2.65 bits per heavy atom. The van der Waals surface area contributed by atoms with Gasteiger partial charge in [-0.05, 0) is 68.8 Å². The quantitative estimate of drug-likeness (QED) is 0.886. The van der Waals surface area contributed by atoms with Gasteiger partial charge in [0.15, 0.2) is 0 Å². The lowest BCUT2D eigenvalue weighted by atomic mass is 9.97. The van der Waals surface area contributed by atoms with Gasteiger partial charge in [-0.2, -0.15) is 0 Å². The van der Waals surface area contributed by atoms with Crippen molar-refractivity contribution in [3.63, 3.8) is 0 Å². The van der Waals surface area contributed by atoms with E-state index in [9.17, 15) is 0 Å². The monoisotopic (exact) mass is 272 g/mol. The summed E-state index contributed by atoms with van der Waals surface area (Å²) in [4.78, 5) is 2.65. The fourth-order valence-electron chi connectivity index (χ4n) is 3.87. The molecule has 3 rings (SSSR count). The zero-order valence-corrected chi connectivity index (χ0v) is 12.8. The molecule has 1 aromatic rings. The first-order chi connectivity index (χ1) is 9.85. The molecule has 1 fully saturated rings. The van der Waals surface area contributed by atoms with Crippen LogP contribution in [0.1, 0.15) is 37.3 Å². The maximum Gasteiger partial charge on any atom is 0.0148 e. The number of rotatable bonds is 5. The van der Waals surface area contributed by atoms with E-state index in [1.807, 2.05) is 0 Å². The summed E-state index contributed by atoms with van der Waals surface area (Å²) < 4.78 is 0. The van der Waals surface area contributed by atoms with E-state index in [4.69, 9.17) is 0 Å². The highest BCUT2D eigenvalue weighted by molar-refractivity contribution is 5.33. The normalized spacial score (nSPS) is 23.9. The van der Waals surface area contributed by atoms with E-state index in [1.165, 1.54) is 58.3 Å². The molecule has 0 amide bonds. The molecule has 1 N–H and O–H groups in total. The van der Waals surface area contributed by atoms with Crippen molar-refractivity contribution in [3.05, 3.63) is 35.4 Å². The van der Waals surface area contributed by atoms with Crippen molar-refractivity contribution in [2.75, 3.05) is 26.2 Å². The summed E-state index contributed by atoms with van der Waals surface area (Å²) in [5.74, 6) is 0.860. The van der Waals surface area contributed by atoms with Crippen LogP contribution in [0.3, 0.4) is 0 Å². The molecule has 0 radical (unpaired) electrons. The molecule has 0 bridgehead atoms. The smallest absolute Gasteiger partial charge is 0.0148 e. The molecule has 2 heteroatoms. The van der Waals surface area contributed by atoms with Gasteiger partial charge >= 0.3 is 0 Å². The van der Waals surface area contributed by atoms with Gasteiger partial charge < -0.3 is 10.2 Å². The van der Waals surface area contributed by atoms with Crippen LogP contribution in [0.4, 0.5) is 0 Å². The third-order valence-electron chi connectivity index (χ3n) is 4.89. The van der Waals surface area contributed by atoms with Gasteiger partial charge in [-0.15, -0.1) is 0 Å². The topological polar surface area (TPSA) is 15.3 Å². The van der Waals surface area contributed by atoms with Crippen molar-refractivity contribution in [1.82, 2.24) is 10.2 Å². The van der Waals surface area contributed by atoms with E-state index in [0.717, 1.165) is 5.92 Å². The summed E-state index contributed by atoms with van der Waals surface area (Å²) in [7, 11) is 0. The summed E-state index contributed by atoms with van der Waals surface area (Å²) in [5.41, 5.74) is 3.11. The standard InChI is InChI=1S/C18H28N2/c1-2-9-20-10-5-6-15(14-20)13-19-18-11-16-7-3-4-8-17(16)12-18/h3-4,7-8,15,18-19H,2,5-6,9-14H2,1H3. The summed E-state index contributed by atoms with van der Waals surface area (Å²) in [6.07, 6.45) is 6.53. The van der Waals surface area contributed by atoms with Gasteiger partial charge in [-0.3, -0.25) is 0 Å². The van der Waals surface area contributed by atoms with Crippen LogP contribution in [0.5, 0.6) is 0 Å². The van der Waals surface area contributed by atoms with Gasteiger partial charge in [-0.1, -0.05) is 31.2 Å². The number of nitrogens with one attached hydrogen (secondary N) is 1. The number of hydrogen-bond donors (Lipinski definition) is 1. The predicted octanol–water partition coefficient (Wildman–Crippen LogP) is 2.87. The molecule has 2 nitrogen and oxygen atoms in total. The Kier molecular flexibility index (Phi) is 4.74. The molecule has 1 unspecified atom stereocenters. The van der Waals surface area contributed by atoms with Crippen molar-refractivity contribution >= 4 is 0 Å². The molecule has 0 spiro atoms. The number of hydrogen-bond acceptors (Lipinski definition) is 2. The summed E-state index contributed by atoms with van der Waals surface area (Å²) in [6, 6.07) is 9.60. The predicted molar refractivity (Wildman–Crippen MR) is 85.1 cm³/mol. The molecule has 0 saturated carbocycles. The lowest BCUT2D eigenvalue weighted by Gasteiger charge is -2.33. The summed E-state index contributed by atoms with van der Waals surface area (Å²) in [6.45, 7) is 7.40. The third-order valence-corrected chi connectivity index (χ3v) is 4.89. The van der Waals surface area contributed by atoms with Crippen LogP contribution in [-0.4, -0.2) is 37.1 Å². The molecule has 2 aliphatic rings. The van der Waals surface area contributed by atoms with E-state index < -0.39 is 0 Å². The van der Waals surface area contributed by atoms with E-state index in [0.29, 0.717) is 6.04 Å². The average molecular weight is 272 g/mol. The second kappa shape index (κ2) is 6.73. The third kappa shape index (κ3) is 3.42. The lowest BCUT2D eigenvalue weighted by Crippen LogP contribution is -2.42. The van der Waals surface area contributed by atoms with Crippen molar-refractivity contribution in [3.8, 4) is 0 Å². The van der Waals surface area contributed by atoms with Gasteiger partial charge in [0.2, 0.25) is 0 Å². The van der Waals surface area contributed by atoms with E-state index >= 15 is 0 Å². The van der Waals surface area contributed by atoms with Crippen molar-refractivity contribution in [1.29, 1.82) is 0 Å². The average Bonchev–Trinajstić information content (AvgIpc) is 2.89. The lowest BCUT2D eigenvalue weighted by molar-refractivity contribution is 0.170. The molecule has 20 heavy (non-hydrogen) atoms. The minimum atomic E-state index is 0.675. The molecule has 1 aliphatic heterocycles. The van der Waals surface area contributed by atoms with Gasteiger partial charge in [0.05, 0.1) is 0 Å². The minimum absolute atomic E-state index is 0.675. The van der Waals surface area contributed by atoms with Crippen LogP contribution in [-0.2, 0) is 12.8 Å². The molecular weight excluding hydrogens is 244 g/mol. The maximum absolute atomic E-state index is 3.83. The summed E-state index contributed by atoms with van der Waals surface area (Å²) in [5, 5.41) is 3.83. The Balaban J connectivity index is 1.44. The second-order valence-electron chi connectivity index (χ2n) is 6.59. The van der Waals surface area contributed by atoms with E-state index in [2.05, 4.69) is 41.4 Å². The first-order valence-corrected chi connectivity index (χ1v) is 8.37. The Labute approximate surface area is 123 Å². The molecule has 1 saturated heterocycles. The van der Waals surface area contributed by atoms with Crippen LogP contribution >= 0.6 is 0 Å². The Morgan fingerprint density at radius 1 is 1.20 bits per heavy atom. The SMILES string of the molecule is CCCN1CCCC(CNC2Cc3ccccc3C2)C1. The molecule has 110 valence electrons. The second-order valence-corrected chi connectivity index (χ2v) is 6.59. The number of benzene rings is 1. The number of likely N-dealkylation sites (tertiary alicyclic amines) is 1. The molecule has 1 atom stereocenters. The number of fused-ring (bicyclic) bond motifs is 1. The van der Waals surface area contributed by atoms with Crippen LogP contribution in [0, 0.1) is 5.92 Å². The van der Waals surface area contributed by atoms with Gasteiger partial charge in [0, 0.05) is 12.6 Å². The molecule has 1 aliphatic carbocycles. The maximum atomic E-state index is 3.83. The van der Waals surface area contributed by atoms with Crippen molar-refractivity contribution in [2.24, 2.45) is 5.92 Å². The molecule has 1 aromatic carbocycles. The van der Waals surface area contributed by atoms with Crippen LogP contribution in [0.2, 0.25) is 0 Å². The molecular formula is C18H28N2. The van der Waals surface area contributed by atoms with Crippen molar-refractivity contribution < 1.29 is 0 Å². The fourth-order valence-corrected chi connectivity index (χ4v) is 3.87. The van der Waals surface area contributed by atoms with Crippen LogP contribution in [0.15, 0.2) is 24.3 Å². The first-order valence-electron chi connectivity index (χ1n) is 8.37. The Bertz CT molecular complexity index is 402. The zero-order valence-electron chi connectivity index (χ0n) is 12.8. The zero-order chi connectivity index (χ0) is 13.8. The highest BCUT2D eigenvalue weighted by Crippen LogP contribution is 2.22.